The smallest absolute Gasteiger partial charge is 0.309 e. The highest BCUT2D eigenvalue weighted by atomic mass is 16.7. The van der Waals surface area contributed by atoms with E-state index >= 15 is 0 Å². The Morgan fingerprint density at radius 2 is 1.71 bits per heavy atom. The minimum atomic E-state index is -0.912. The second-order valence-electron chi connectivity index (χ2n) is 11.8. The number of carbonyl (C=O) groups is 2. The molecular weight excluding hydrogens is 572 g/mol. The van der Waals surface area contributed by atoms with Gasteiger partial charge in [0, 0.05) is 44.3 Å². The van der Waals surface area contributed by atoms with Gasteiger partial charge in [-0.1, -0.05) is 49.7 Å². The number of methoxy groups -OCH3 is 1. The van der Waals surface area contributed by atoms with Crippen LogP contribution in [0.3, 0.4) is 0 Å². The molecule has 1 fully saturated rings. The van der Waals surface area contributed by atoms with Crippen LogP contribution in [0.1, 0.15) is 65.6 Å². The van der Waals surface area contributed by atoms with Gasteiger partial charge >= 0.3 is 5.97 Å². The molecule has 2 N–H and O–H groups in total. The first-order valence-electron chi connectivity index (χ1n) is 15.8. The lowest BCUT2D eigenvalue weighted by atomic mass is 9.81. The molecule has 0 bridgehead atoms. The van der Waals surface area contributed by atoms with Crippen molar-refractivity contribution < 1.29 is 33.6 Å². The fourth-order valence-electron chi connectivity index (χ4n) is 6.81. The number of rotatable bonds is 13. The molecule has 1 saturated heterocycles. The van der Waals surface area contributed by atoms with E-state index in [4.69, 9.17) is 18.9 Å². The van der Waals surface area contributed by atoms with Crippen molar-refractivity contribution in [1.82, 2.24) is 4.90 Å². The summed E-state index contributed by atoms with van der Waals surface area (Å²) in [5.41, 5.74) is 6.79. The highest BCUT2D eigenvalue weighted by Gasteiger charge is 2.48. The number of nitrogens with one attached hydrogen (secondary N) is 1. The molecule has 0 aromatic heterocycles. The summed E-state index contributed by atoms with van der Waals surface area (Å²) in [4.78, 5) is 28.9. The van der Waals surface area contributed by atoms with E-state index in [9.17, 15) is 14.7 Å². The maximum absolute atomic E-state index is 13.8. The van der Waals surface area contributed by atoms with E-state index in [-0.39, 0.29) is 25.2 Å². The summed E-state index contributed by atoms with van der Waals surface area (Å²) >= 11 is 0. The van der Waals surface area contributed by atoms with Gasteiger partial charge in [0.1, 0.15) is 5.75 Å². The van der Waals surface area contributed by atoms with E-state index in [0.29, 0.717) is 37.0 Å². The van der Waals surface area contributed by atoms with Gasteiger partial charge in [-0.25, -0.2) is 0 Å². The van der Waals surface area contributed by atoms with Gasteiger partial charge in [-0.3, -0.25) is 14.5 Å². The molecule has 0 saturated carbocycles. The first-order chi connectivity index (χ1) is 21.7. The van der Waals surface area contributed by atoms with Gasteiger partial charge in [0.05, 0.1) is 19.1 Å². The molecule has 0 radical (unpaired) electrons. The number of hydrogen-bond donors (Lipinski definition) is 2. The molecule has 0 aliphatic carbocycles. The van der Waals surface area contributed by atoms with Gasteiger partial charge in [0.15, 0.2) is 11.5 Å². The van der Waals surface area contributed by atoms with Gasteiger partial charge in [0.25, 0.3) is 0 Å². The first kappa shape index (κ1) is 32.3. The summed E-state index contributed by atoms with van der Waals surface area (Å²) in [5.74, 6) is -0.252. The lowest BCUT2D eigenvalue weighted by Crippen LogP contribution is -2.35. The molecule has 240 valence electrons. The van der Waals surface area contributed by atoms with Crippen LogP contribution in [0, 0.1) is 19.8 Å². The Morgan fingerprint density at radius 3 is 2.36 bits per heavy atom. The zero-order valence-electron chi connectivity index (χ0n) is 26.9. The van der Waals surface area contributed by atoms with Crippen molar-refractivity contribution in [2.75, 3.05) is 45.5 Å². The third kappa shape index (κ3) is 6.94. The van der Waals surface area contributed by atoms with Crippen molar-refractivity contribution in [3.8, 4) is 17.2 Å². The standard InChI is InChI=1S/C36H44N2O7/c1-6-24-17-22(3)18-25(7-2)33(24)37-31(39)20-38-19-29(28-13-14-30-35(23(28)4)45-21-44-30)32(36(40)41)34(38)26-9-11-27(12-10-26)43-16-8-15-42-5/h9-14,17-18,29,32,34H,6-8,15-16,19-21H2,1-5H3,(H,37,39)(H,40,41)/t29-,32-,34+/m1/s1. The van der Waals surface area contributed by atoms with Gasteiger partial charge in [0.2, 0.25) is 12.7 Å². The lowest BCUT2D eigenvalue weighted by molar-refractivity contribution is -0.143. The number of ether oxygens (including phenoxy) is 4. The highest BCUT2D eigenvalue weighted by Crippen LogP contribution is 2.49. The third-order valence-corrected chi connectivity index (χ3v) is 8.91. The van der Waals surface area contributed by atoms with E-state index < -0.39 is 17.9 Å². The summed E-state index contributed by atoms with van der Waals surface area (Å²) in [6, 6.07) is 15.0. The number of likely N-dealkylation sites (tertiary alicyclic amines) is 1. The zero-order valence-corrected chi connectivity index (χ0v) is 26.9. The van der Waals surface area contributed by atoms with Gasteiger partial charge in [-0.05, 0) is 72.7 Å². The van der Waals surface area contributed by atoms with E-state index in [1.807, 2.05) is 48.2 Å². The van der Waals surface area contributed by atoms with Crippen molar-refractivity contribution in [2.24, 2.45) is 5.92 Å². The van der Waals surface area contributed by atoms with Crippen molar-refractivity contribution in [3.05, 3.63) is 81.9 Å². The maximum Gasteiger partial charge on any atom is 0.309 e. The Labute approximate surface area is 265 Å². The number of aliphatic carboxylic acids is 1. The number of hydrogen-bond acceptors (Lipinski definition) is 7. The molecule has 3 aromatic rings. The van der Waals surface area contributed by atoms with Crippen molar-refractivity contribution >= 4 is 17.6 Å². The number of fused-ring (bicyclic) bond motifs is 1. The van der Waals surface area contributed by atoms with E-state index in [1.54, 1.807) is 7.11 Å². The topological polar surface area (TPSA) is 107 Å². The number of anilines is 1. The van der Waals surface area contributed by atoms with E-state index in [1.165, 1.54) is 5.56 Å². The molecule has 45 heavy (non-hydrogen) atoms. The summed E-state index contributed by atoms with van der Waals surface area (Å²) in [6.45, 7) is 9.88. The Kier molecular flexibility index (Phi) is 10.3. The second-order valence-corrected chi connectivity index (χ2v) is 11.8. The second kappa shape index (κ2) is 14.3. The summed E-state index contributed by atoms with van der Waals surface area (Å²) in [7, 11) is 1.66. The van der Waals surface area contributed by atoms with Crippen LogP contribution >= 0.6 is 0 Å². The average molecular weight is 617 g/mol. The third-order valence-electron chi connectivity index (χ3n) is 8.91. The molecule has 5 rings (SSSR count). The minimum absolute atomic E-state index is 0.0456. The number of carbonyl (C=O) groups excluding carboxylic acids is 1. The molecule has 0 spiro atoms. The van der Waals surface area contributed by atoms with Crippen LogP contribution in [0.5, 0.6) is 17.2 Å². The summed E-state index contributed by atoms with van der Waals surface area (Å²) in [6.07, 6.45) is 2.36. The molecule has 2 heterocycles. The number of benzene rings is 3. The fraction of sp³-hybridized carbons (Fsp3) is 0.444. The predicted octanol–water partition coefficient (Wildman–Crippen LogP) is 6.05. The number of amides is 1. The fourth-order valence-corrected chi connectivity index (χ4v) is 6.81. The van der Waals surface area contributed by atoms with Crippen LogP contribution in [0.15, 0.2) is 48.5 Å². The quantitative estimate of drug-likeness (QED) is 0.224. The molecule has 2 aliphatic rings. The van der Waals surface area contributed by atoms with Crippen molar-refractivity contribution in [1.29, 1.82) is 0 Å². The normalized spacial score (nSPS) is 19.1. The average Bonchev–Trinajstić information content (AvgIpc) is 3.66. The highest BCUT2D eigenvalue weighted by molar-refractivity contribution is 5.94. The number of carboxylic acid groups (broad SMARTS) is 1. The molecular formula is C36H44N2O7. The Bertz CT molecular complexity index is 1500. The first-order valence-corrected chi connectivity index (χ1v) is 15.8. The van der Waals surface area contributed by atoms with Crippen LogP contribution in [0.4, 0.5) is 5.69 Å². The lowest BCUT2D eigenvalue weighted by Gasteiger charge is -2.27. The maximum atomic E-state index is 13.8. The number of nitrogens with zero attached hydrogens (tertiary/aromatic N) is 1. The Hall–Kier alpha value is -4.08. The largest absolute Gasteiger partial charge is 0.494 e. The van der Waals surface area contributed by atoms with Crippen molar-refractivity contribution in [3.63, 3.8) is 0 Å². The zero-order chi connectivity index (χ0) is 32.1. The number of carboxylic acids is 1. The predicted molar refractivity (Wildman–Crippen MR) is 172 cm³/mol. The van der Waals surface area contributed by atoms with Crippen LogP contribution in [-0.2, 0) is 27.2 Å². The Morgan fingerprint density at radius 1 is 1.00 bits per heavy atom. The SMILES string of the molecule is CCc1cc(C)cc(CC)c1NC(=O)CN1C[C@H](c2ccc3c(c2C)OCO3)[C@@H](C(=O)O)[C@@H]1c1ccc(OCCCOC)cc1. The van der Waals surface area contributed by atoms with E-state index in [2.05, 4.69) is 38.2 Å². The minimum Gasteiger partial charge on any atom is -0.494 e. The molecule has 2 aliphatic heterocycles. The van der Waals surface area contributed by atoms with Gasteiger partial charge in [-0.2, -0.15) is 0 Å². The van der Waals surface area contributed by atoms with Crippen LogP contribution < -0.4 is 19.5 Å². The van der Waals surface area contributed by atoms with Crippen LogP contribution in [-0.4, -0.2) is 62.1 Å². The molecule has 3 atom stereocenters. The molecule has 9 nitrogen and oxygen atoms in total. The molecule has 3 aromatic carbocycles. The van der Waals surface area contributed by atoms with Crippen LogP contribution in [0.25, 0.3) is 0 Å². The van der Waals surface area contributed by atoms with Gasteiger partial charge in [-0.15, -0.1) is 0 Å². The summed E-state index contributed by atoms with van der Waals surface area (Å²) < 4.78 is 22.3. The Balaban J connectivity index is 1.47. The van der Waals surface area contributed by atoms with Gasteiger partial charge < -0.3 is 29.4 Å². The van der Waals surface area contributed by atoms with Crippen LogP contribution in [0.2, 0.25) is 0 Å². The van der Waals surface area contributed by atoms with E-state index in [0.717, 1.165) is 52.8 Å². The summed E-state index contributed by atoms with van der Waals surface area (Å²) in [5, 5.41) is 13.9. The molecule has 1 amide bonds. The number of aryl methyl sites for hydroxylation is 3. The monoisotopic (exact) mass is 616 g/mol. The van der Waals surface area contributed by atoms with Crippen molar-refractivity contribution in [2.45, 2.75) is 58.9 Å². The molecule has 0 unspecified atom stereocenters. The molecule has 9 heteroatoms.